The largest absolute Gasteiger partial charge is 0.481 e. The van der Waals surface area contributed by atoms with E-state index in [9.17, 15) is 22.8 Å². The maximum Gasteiger partial charge on any atom is 0.308 e. The van der Waals surface area contributed by atoms with E-state index in [-0.39, 0.29) is 45.9 Å². The van der Waals surface area contributed by atoms with Gasteiger partial charge in [-0.3, -0.25) is 9.59 Å². The average Bonchev–Trinajstić information content (AvgIpc) is 2.99. The van der Waals surface area contributed by atoms with Gasteiger partial charge in [0, 0.05) is 6.42 Å². The average molecular weight is 669 g/mol. The number of methoxy groups -OCH3 is 1. The molecule has 0 amide bonds. The number of ether oxygens (including phenoxy) is 1. The van der Waals surface area contributed by atoms with Gasteiger partial charge in [-0.05, 0) is 54.8 Å². The number of hydrogen-bond acceptors (Lipinski definition) is 3. The molecule has 1 N–H and O–H groups in total. The molecule has 0 spiro atoms. The van der Waals surface area contributed by atoms with Gasteiger partial charge in [0.05, 0.1) is 18.9 Å². The van der Waals surface area contributed by atoms with Crippen LogP contribution in [0.25, 0.3) is 0 Å². The van der Waals surface area contributed by atoms with Gasteiger partial charge in [0.2, 0.25) is 6.43 Å². The molecular weight excluding hydrogens is 589 g/mol. The standard InChI is InChI=1S/C11H22O2.C10H21F.C10H20O2.C8H16F2/c1-6-11(4,7-2)8-9(3)10(12)13-5;1-6-10(5,7-2)8-9(3,4)11;1-5-10(4,6-2)7-8(3)9(11)12;1-4-8(3,5-2)6-7(9)10/h9H,6-8H2,1-5H3;6-8H2,1-5H3;8H,5-7H2,1-4H3,(H,11,12);7H,4-6H2,1-3H3/t9-;;8-;/m0.0./s1. The van der Waals surface area contributed by atoms with Crippen LogP contribution in [-0.4, -0.2) is 36.2 Å². The first-order chi connectivity index (χ1) is 20.8. The number of hydrogen-bond donors (Lipinski definition) is 1. The van der Waals surface area contributed by atoms with Crippen LogP contribution in [0.5, 0.6) is 0 Å². The zero-order valence-electron chi connectivity index (χ0n) is 33.5. The first-order valence-corrected chi connectivity index (χ1v) is 18.1. The van der Waals surface area contributed by atoms with Gasteiger partial charge in [-0.25, -0.2) is 13.2 Å². The van der Waals surface area contributed by atoms with E-state index < -0.39 is 18.1 Å². The highest BCUT2D eigenvalue weighted by Crippen LogP contribution is 2.37. The van der Waals surface area contributed by atoms with Gasteiger partial charge < -0.3 is 9.84 Å². The summed E-state index contributed by atoms with van der Waals surface area (Å²) in [5.74, 6) is -0.957. The lowest BCUT2D eigenvalue weighted by Crippen LogP contribution is -2.25. The molecule has 0 rings (SSSR count). The number of carboxylic acid groups (broad SMARTS) is 1. The van der Waals surface area contributed by atoms with E-state index in [2.05, 4.69) is 62.3 Å². The number of carboxylic acids is 1. The molecule has 7 heteroatoms. The molecule has 0 fully saturated rings. The number of rotatable bonds is 18. The number of alkyl halides is 3. The van der Waals surface area contributed by atoms with E-state index in [1.807, 2.05) is 27.7 Å². The molecule has 0 saturated carbocycles. The normalized spacial score (nSPS) is 13.7. The third kappa shape index (κ3) is 25.8. The SMILES string of the molecule is CCC(C)(CC)CC(C)(C)F.CCC(C)(CC)CC(F)F.CCC(C)(CC)C[C@H](C)C(=O)O.CCC(C)(CC)C[C@H](C)C(=O)OC. The zero-order valence-corrected chi connectivity index (χ0v) is 33.5. The number of halogens is 3. The van der Waals surface area contributed by atoms with Crippen molar-refractivity contribution in [2.75, 3.05) is 7.11 Å². The van der Waals surface area contributed by atoms with Gasteiger partial charge in [-0.2, -0.15) is 0 Å². The first kappa shape index (κ1) is 51.6. The van der Waals surface area contributed by atoms with Crippen molar-refractivity contribution in [1.82, 2.24) is 0 Å². The van der Waals surface area contributed by atoms with Crippen LogP contribution in [0.4, 0.5) is 13.2 Å². The molecule has 0 heterocycles. The molecule has 0 aromatic carbocycles. The van der Waals surface area contributed by atoms with Crippen molar-refractivity contribution in [3.8, 4) is 0 Å². The van der Waals surface area contributed by atoms with E-state index in [0.717, 1.165) is 64.2 Å². The second-order valence-corrected chi connectivity index (χ2v) is 15.6. The van der Waals surface area contributed by atoms with Crippen molar-refractivity contribution >= 4 is 11.9 Å². The van der Waals surface area contributed by atoms with Gasteiger partial charge in [-0.15, -0.1) is 0 Å². The highest BCUT2D eigenvalue weighted by molar-refractivity contribution is 5.71. The molecular formula is C39H79F3O4. The van der Waals surface area contributed by atoms with Crippen molar-refractivity contribution in [2.45, 2.75) is 200 Å². The Kier molecular flexibility index (Phi) is 27.8. The molecule has 46 heavy (non-hydrogen) atoms. The van der Waals surface area contributed by atoms with Gasteiger partial charge in [0.25, 0.3) is 0 Å². The highest BCUT2D eigenvalue weighted by Gasteiger charge is 2.30. The molecule has 0 bridgehead atoms. The fraction of sp³-hybridized carbons (Fsp3) is 0.949. The van der Waals surface area contributed by atoms with Gasteiger partial charge in [0.15, 0.2) is 0 Å². The van der Waals surface area contributed by atoms with E-state index in [0.29, 0.717) is 6.42 Å². The highest BCUT2D eigenvalue weighted by atomic mass is 19.3. The van der Waals surface area contributed by atoms with Crippen molar-refractivity contribution in [3.63, 3.8) is 0 Å². The zero-order chi connectivity index (χ0) is 37.6. The van der Waals surface area contributed by atoms with Crippen molar-refractivity contribution in [3.05, 3.63) is 0 Å². The lowest BCUT2D eigenvalue weighted by molar-refractivity contribution is -0.146. The van der Waals surface area contributed by atoms with Crippen LogP contribution in [0.1, 0.15) is 188 Å². The second-order valence-electron chi connectivity index (χ2n) is 15.6. The third-order valence-corrected chi connectivity index (χ3v) is 10.9. The molecule has 0 unspecified atom stereocenters. The minimum atomic E-state index is -2.15. The summed E-state index contributed by atoms with van der Waals surface area (Å²) in [5.41, 5.74) is -0.474. The maximum atomic E-state index is 13.3. The van der Waals surface area contributed by atoms with Crippen LogP contribution < -0.4 is 0 Å². The van der Waals surface area contributed by atoms with Crippen LogP contribution in [-0.2, 0) is 14.3 Å². The monoisotopic (exact) mass is 669 g/mol. The molecule has 0 aromatic rings. The Hall–Kier alpha value is -1.27. The molecule has 2 atom stereocenters. The summed E-state index contributed by atoms with van der Waals surface area (Å²) < 4.78 is 41.8. The molecule has 4 nitrogen and oxygen atoms in total. The van der Waals surface area contributed by atoms with Crippen LogP contribution in [0.3, 0.4) is 0 Å². The van der Waals surface area contributed by atoms with Gasteiger partial charge in [-0.1, -0.05) is 148 Å². The minimum absolute atomic E-state index is 0.0231. The van der Waals surface area contributed by atoms with Crippen LogP contribution in [0, 0.1) is 33.5 Å². The number of esters is 1. The Morgan fingerprint density at radius 1 is 0.587 bits per heavy atom. The maximum absolute atomic E-state index is 13.3. The first-order valence-electron chi connectivity index (χ1n) is 18.1. The fourth-order valence-corrected chi connectivity index (χ4v) is 5.35. The molecule has 0 aliphatic rings. The van der Waals surface area contributed by atoms with Gasteiger partial charge >= 0.3 is 11.9 Å². The van der Waals surface area contributed by atoms with E-state index in [1.54, 1.807) is 20.8 Å². The number of aliphatic carboxylic acids is 1. The van der Waals surface area contributed by atoms with Crippen molar-refractivity contribution < 1.29 is 32.6 Å². The predicted octanol–water partition coefficient (Wildman–Crippen LogP) is 13.4. The van der Waals surface area contributed by atoms with E-state index in [1.165, 1.54) is 7.11 Å². The van der Waals surface area contributed by atoms with Crippen LogP contribution >= 0.6 is 0 Å². The quantitative estimate of drug-likeness (QED) is 0.148. The predicted molar refractivity (Wildman–Crippen MR) is 192 cm³/mol. The Morgan fingerprint density at radius 3 is 1.04 bits per heavy atom. The molecule has 0 radical (unpaired) electrons. The number of carbonyl (C=O) groups excluding carboxylic acids is 1. The summed E-state index contributed by atoms with van der Waals surface area (Å²) in [6, 6.07) is 0. The van der Waals surface area contributed by atoms with Crippen molar-refractivity contribution in [1.29, 1.82) is 0 Å². The summed E-state index contributed by atoms with van der Waals surface area (Å²) in [6.45, 7) is 32.3. The van der Waals surface area contributed by atoms with Crippen LogP contribution in [0.2, 0.25) is 0 Å². The minimum Gasteiger partial charge on any atom is -0.481 e. The second kappa shape index (κ2) is 24.8. The lowest BCUT2D eigenvalue weighted by atomic mass is 9.77. The Labute approximate surface area is 284 Å². The molecule has 0 aliphatic carbocycles. The smallest absolute Gasteiger partial charge is 0.308 e. The van der Waals surface area contributed by atoms with Gasteiger partial charge in [0.1, 0.15) is 5.67 Å². The Bertz CT molecular complexity index is 760. The topological polar surface area (TPSA) is 63.6 Å². The summed E-state index contributed by atoms with van der Waals surface area (Å²) in [5, 5.41) is 8.74. The van der Waals surface area contributed by atoms with Crippen molar-refractivity contribution in [2.24, 2.45) is 33.5 Å². The third-order valence-electron chi connectivity index (χ3n) is 10.9. The Morgan fingerprint density at radius 2 is 0.870 bits per heavy atom. The molecule has 0 aromatic heterocycles. The van der Waals surface area contributed by atoms with Crippen LogP contribution in [0.15, 0.2) is 0 Å². The summed E-state index contributed by atoms with van der Waals surface area (Å²) >= 11 is 0. The molecule has 0 saturated heterocycles. The molecule has 280 valence electrons. The van der Waals surface area contributed by atoms with E-state index >= 15 is 0 Å². The summed E-state index contributed by atoms with van der Waals surface area (Å²) in [6.07, 6.45) is 8.44. The number of carbonyl (C=O) groups is 2. The fourth-order valence-electron chi connectivity index (χ4n) is 5.35. The Balaban J connectivity index is -0.000000257. The summed E-state index contributed by atoms with van der Waals surface area (Å²) in [7, 11) is 1.45. The summed E-state index contributed by atoms with van der Waals surface area (Å²) in [4.78, 5) is 21.8. The molecule has 0 aliphatic heterocycles. The lowest BCUT2D eigenvalue weighted by Gasteiger charge is -2.31. The van der Waals surface area contributed by atoms with E-state index in [4.69, 9.17) is 9.84 Å².